The molecule has 0 aliphatic heterocycles. The van der Waals surface area contributed by atoms with Crippen LogP contribution in [-0.4, -0.2) is 51.3 Å². The van der Waals surface area contributed by atoms with E-state index in [2.05, 4.69) is 6.92 Å². The van der Waals surface area contributed by atoms with Gasteiger partial charge in [0.2, 0.25) is 0 Å². The van der Waals surface area contributed by atoms with Crippen molar-refractivity contribution in [2.75, 3.05) is 6.61 Å². The van der Waals surface area contributed by atoms with Gasteiger partial charge in [-0.25, -0.2) is 0 Å². The van der Waals surface area contributed by atoms with Gasteiger partial charge < -0.3 is 14.9 Å². The second-order valence-electron chi connectivity index (χ2n) is 9.54. The molecule has 1 atom stereocenters. The summed E-state index contributed by atoms with van der Waals surface area (Å²) < 4.78 is 5.13. The van der Waals surface area contributed by atoms with E-state index < -0.39 is 41.1 Å². The zero-order valence-electron chi connectivity index (χ0n) is 22.0. The normalized spacial score (nSPS) is 13.4. The molecule has 0 saturated heterocycles. The molecule has 0 saturated carbocycles. The lowest BCUT2D eigenvalue weighted by molar-refractivity contribution is -0.206. The molecule has 0 aromatic heterocycles. The summed E-state index contributed by atoms with van der Waals surface area (Å²) in [5, 5.41) is 20.1. The molecule has 0 rings (SSSR count). The molecule has 0 aromatic carbocycles. The number of ether oxygens (including phenoxy) is 1. The Kier molecular flexibility index (Phi) is 16.9. The van der Waals surface area contributed by atoms with Crippen LogP contribution in [0.15, 0.2) is 0 Å². The first kappa shape index (κ1) is 32.4. The Bertz CT molecular complexity index is 614. The molecule has 7 nitrogen and oxygen atoms in total. The second kappa shape index (κ2) is 17.8. The Morgan fingerprint density at radius 3 is 1.26 bits per heavy atom. The van der Waals surface area contributed by atoms with Crippen molar-refractivity contribution in [3.63, 3.8) is 0 Å². The first-order chi connectivity index (χ1) is 16.1. The summed E-state index contributed by atoms with van der Waals surface area (Å²) in [6.07, 6.45) is 17.7. The first-order valence-corrected chi connectivity index (χ1v) is 13.2. The van der Waals surface area contributed by atoms with Gasteiger partial charge in [-0.15, -0.1) is 0 Å². The van der Waals surface area contributed by atoms with Gasteiger partial charge in [-0.2, -0.15) is 0 Å². The number of carbonyl (C=O) groups is 4. The number of unbranched alkanes of at least 4 members (excludes halogenated alkanes) is 14. The number of hydrogen-bond acceptors (Lipinski definition) is 7. The Morgan fingerprint density at radius 1 is 0.618 bits per heavy atom. The smallest absolute Gasteiger partial charge is 0.307 e. The number of hydrogen-bond donors (Lipinski definition) is 2. The van der Waals surface area contributed by atoms with Gasteiger partial charge in [-0.05, 0) is 27.2 Å². The van der Waals surface area contributed by atoms with Gasteiger partial charge in [0.25, 0.3) is 5.60 Å². The molecule has 0 bridgehead atoms. The lowest BCUT2D eigenvalue weighted by Gasteiger charge is -2.40. The molecular formula is C27H48O7. The molecule has 0 fully saturated rings. The predicted octanol–water partition coefficient (Wildman–Crippen LogP) is 5.02. The van der Waals surface area contributed by atoms with Crippen LogP contribution in [0.2, 0.25) is 0 Å². The van der Waals surface area contributed by atoms with Crippen molar-refractivity contribution in [3.05, 3.63) is 0 Å². The Balaban J connectivity index is 4.20. The van der Waals surface area contributed by atoms with Crippen LogP contribution in [0.5, 0.6) is 0 Å². The molecule has 2 N–H and O–H groups in total. The lowest BCUT2D eigenvalue weighted by Crippen LogP contribution is -2.70. The van der Waals surface area contributed by atoms with Crippen LogP contribution in [0.25, 0.3) is 0 Å². The number of esters is 1. The van der Waals surface area contributed by atoms with E-state index in [4.69, 9.17) is 4.74 Å². The SMILES string of the molecule is CCCCCCCCCCCCCCCCCC(=O)OC(C(C)=O)(C(C)=O)C(O)(CO)C(C)=O. The van der Waals surface area contributed by atoms with Crippen molar-refractivity contribution in [1.29, 1.82) is 0 Å². The highest BCUT2D eigenvalue weighted by Crippen LogP contribution is 2.31. The number of ketones is 3. The van der Waals surface area contributed by atoms with Crippen LogP contribution in [0.1, 0.15) is 130 Å². The first-order valence-electron chi connectivity index (χ1n) is 13.2. The molecule has 0 radical (unpaired) electrons. The monoisotopic (exact) mass is 484 g/mol. The van der Waals surface area contributed by atoms with E-state index in [0.29, 0.717) is 6.42 Å². The van der Waals surface area contributed by atoms with Gasteiger partial charge in [0.15, 0.2) is 23.0 Å². The number of aliphatic hydroxyl groups is 2. The molecule has 34 heavy (non-hydrogen) atoms. The topological polar surface area (TPSA) is 118 Å². The molecule has 7 heteroatoms. The fraction of sp³-hybridized carbons (Fsp3) is 0.852. The quantitative estimate of drug-likeness (QED) is 0.126. The highest BCUT2D eigenvalue weighted by Gasteiger charge is 2.63. The second-order valence-corrected chi connectivity index (χ2v) is 9.54. The van der Waals surface area contributed by atoms with Crippen LogP contribution in [0.3, 0.4) is 0 Å². The molecule has 198 valence electrons. The maximum absolute atomic E-state index is 12.4. The van der Waals surface area contributed by atoms with Gasteiger partial charge >= 0.3 is 5.97 Å². The maximum Gasteiger partial charge on any atom is 0.307 e. The lowest BCUT2D eigenvalue weighted by atomic mass is 9.75. The summed E-state index contributed by atoms with van der Waals surface area (Å²) in [7, 11) is 0. The van der Waals surface area contributed by atoms with Crippen molar-refractivity contribution in [2.24, 2.45) is 0 Å². The third kappa shape index (κ3) is 10.3. The van der Waals surface area contributed by atoms with Crippen LogP contribution in [-0.2, 0) is 23.9 Å². The number of carbonyl (C=O) groups excluding carboxylic acids is 4. The minimum Gasteiger partial charge on any atom is -0.439 e. The third-order valence-electron chi connectivity index (χ3n) is 6.64. The van der Waals surface area contributed by atoms with Crippen LogP contribution in [0.4, 0.5) is 0 Å². The Morgan fingerprint density at radius 2 is 0.971 bits per heavy atom. The number of aliphatic hydroxyl groups excluding tert-OH is 1. The highest BCUT2D eigenvalue weighted by atomic mass is 16.6. The highest BCUT2D eigenvalue weighted by molar-refractivity contribution is 6.16. The summed E-state index contributed by atoms with van der Waals surface area (Å²) in [6.45, 7) is 3.85. The summed E-state index contributed by atoms with van der Waals surface area (Å²) in [5.74, 6) is -3.89. The van der Waals surface area contributed by atoms with Crippen molar-refractivity contribution < 1.29 is 34.1 Å². The van der Waals surface area contributed by atoms with Crippen molar-refractivity contribution in [1.82, 2.24) is 0 Å². The van der Waals surface area contributed by atoms with Gasteiger partial charge in [0.05, 0.1) is 6.61 Å². The molecule has 0 amide bonds. The third-order valence-corrected chi connectivity index (χ3v) is 6.64. The fourth-order valence-corrected chi connectivity index (χ4v) is 4.39. The van der Waals surface area contributed by atoms with Crippen LogP contribution < -0.4 is 0 Å². The Hall–Kier alpha value is -1.60. The summed E-state index contributed by atoms with van der Waals surface area (Å²) >= 11 is 0. The standard InChI is InChI=1S/C27H48O7/c1-5-6-7-8-9-10-11-12-13-14-15-16-17-18-19-20-25(32)34-27(23(3)30,24(4)31)26(33,21-28)22(2)29/h28,33H,5-21H2,1-4H3. The van der Waals surface area contributed by atoms with Crippen LogP contribution >= 0.6 is 0 Å². The molecule has 0 heterocycles. The number of Topliss-reactive ketones (excluding diaryl/α,β-unsaturated/α-hetero) is 3. The largest absolute Gasteiger partial charge is 0.439 e. The summed E-state index contributed by atoms with van der Waals surface area (Å²) in [4.78, 5) is 48.8. The average molecular weight is 485 g/mol. The van der Waals surface area contributed by atoms with E-state index >= 15 is 0 Å². The average Bonchev–Trinajstić information content (AvgIpc) is 2.78. The molecule has 0 aliphatic rings. The predicted molar refractivity (Wildman–Crippen MR) is 132 cm³/mol. The van der Waals surface area contributed by atoms with E-state index in [1.165, 1.54) is 70.6 Å². The molecular weight excluding hydrogens is 436 g/mol. The van der Waals surface area contributed by atoms with Crippen molar-refractivity contribution in [3.8, 4) is 0 Å². The van der Waals surface area contributed by atoms with E-state index in [1.54, 1.807) is 0 Å². The van der Waals surface area contributed by atoms with Crippen molar-refractivity contribution in [2.45, 2.75) is 142 Å². The van der Waals surface area contributed by atoms with Gasteiger partial charge in [-0.1, -0.05) is 96.8 Å². The van der Waals surface area contributed by atoms with E-state index in [-0.39, 0.29) is 6.42 Å². The zero-order valence-corrected chi connectivity index (χ0v) is 22.0. The van der Waals surface area contributed by atoms with E-state index in [0.717, 1.165) is 40.0 Å². The maximum atomic E-state index is 12.4. The fourth-order valence-electron chi connectivity index (χ4n) is 4.39. The zero-order chi connectivity index (χ0) is 26.0. The molecule has 0 aliphatic carbocycles. The van der Waals surface area contributed by atoms with Crippen LogP contribution in [0, 0.1) is 0 Å². The minimum absolute atomic E-state index is 0.0417. The number of rotatable bonds is 22. The van der Waals surface area contributed by atoms with E-state index in [9.17, 15) is 29.4 Å². The summed E-state index contributed by atoms with van der Waals surface area (Å²) in [5.41, 5.74) is -5.55. The van der Waals surface area contributed by atoms with Gasteiger partial charge in [0, 0.05) is 6.42 Å². The van der Waals surface area contributed by atoms with Crippen molar-refractivity contribution >= 4 is 23.3 Å². The van der Waals surface area contributed by atoms with Gasteiger partial charge in [-0.3, -0.25) is 19.2 Å². The van der Waals surface area contributed by atoms with E-state index in [1.807, 2.05) is 0 Å². The Labute approximate surface area is 206 Å². The summed E-state index contributed by atoms with van der Waals surface area (Å²) in [6, 6.07) is 0. The minimum atomic E-state index is -2.81. The molecule has 1 unspecified atom stereocenters. The molecule has 0 aromatic rings. The molecule has 0 spiro atoms. The van der Waals surface area contributed by atoms with Gasteiger partial charge in [0.1, 0.15) is 0 Å².